The first-order chi connectivity index (χ1) is 11.7. The average Bonchev–Trinajstić information content (AvgIpc) is 3.06. The average molecular weight is 313 g/mol. The summed E-state index contributed by atoms with van der Waals surface area (Å²) in [5.41, 5.74) is 3.55. The van der Waals surface area contributed by atoms with Crippen LogP contribution in [0.4, 0.5) is 0 Å². The number of benzene rings is 3. The summed E-state index contributed by atoms with van der Waals surface area (Å²) in [5.74, 6) is 1.48. The Bertz CT molecular complexity index is 1010. The van der Waals surface area contributed by atoms with E-state index in [0.717, 1.165) is 39.0 Å². The second-order valence-corrected chi connectivity index (χ2v) is 5.79. The summed E-state index contributed by atoms with van der Waals surface area (Å²) in [5, 5.41) is 11.9. The minimum Gasteiger partial charge on any atom is -0.454 e. The molecular formula is C21H15NO2. The van der Waals surface area contributed by atoms with Crippen LogP contribution < -0.4 is 9.47 Å². The van der Waals surface area contributed by atoms with E-state index in [1.807, 2.05) is 55.5 Å². The van der Waals surface area contributed by atoms with Crippen molar-refractivity contribution in [3.63, 3.8) is 0 Å². The summed E-state index contributed by atoms with van der Waals surface area (Å²) >= 11 is 0. The second-order valence-electron chi connectivity index (χ2n) is 5.79. The molecule has 1 aliphatic heterocycles. The lowest BCUT2D eigenvalue weighted by molar-refractivity contribution is 0.174. The van der Waals surface area contributed by atoms with Gasteiger partial charge in [0.2, 0.25) is 6.79 Å². The standard InChI is InChI=1S/C21H15NO2/c1-14-8-20-21(24-13-23-20)11-18(14)10-19(12-22)17-7-6-15-4-2-3-5-16(15)9-17/h2-11H,13H2,1H3/b19-10-. The number of rotatable bonds is 2. The predicted molar refractivity (Wildman–Crippen MR) is 94.7 cm³/mol. The Morgan fingerprint density at radius 2 is 1.75 bits per heavy atom. The fourth-order valence-corrected chi connectivity index (χ4v) is 2.91. The van der Waals surface area contributed by atoms with Crippen LogP contribution in [0.2, 0.25) is 0 Å². The Hall–Kier alpha value is -3.25. The molecule has 0 spiro atoms. The van der Waals surface area contributed by atoms with E-state index < -0.39 is 0 Å². The Morgan fingerprint density at radius 3 is 2.54 bits per heavy atom. The van der Waals surface area contributed by atoms with E-state index in [-0.39, 0.29) is 6.79 Å². The van der Waals surface area contributed by atoms with Crippen LogP contribution in [0.15, 0.2) is 54.6 Å². The Labute approximate surface area is 140 Å². The molecule has 1 heterocycles. The summed E-state index contributed by atoms with van der Waals surface area (Å²) in [7, 11) is 0. The molecule has 3 heteroatoms. The molecule has 0 amide bonds. The molecule has 24 heavy (non-hydrogen) atoms. The van der Waals surface area contributed by atoms with Gasteiger partial charge in [-0.05, 0) is 58.7 Å². The third kappa shape index (κ3) is 2.49. The van der Waals surface area contributed by atoms with Gasteiger partial charge in [0.15, 0.2) is 11.5 Å². The number of nitriles is 1. The SMILES string of the molecule is Cc1cc2c(cc1/C=C(/C#N)c1ccc3ccccc3c1)OCO2. The van der Waals surface area contributed by atoms with E-state index in [4.69, 9.17) is 9.47 Å². The minimum atomic E-state index is 0.248. The number of fused-ring (bicyclic) bond motifs is 2. The van der Waals surface area contributed by atoms with Gasteiger partial charge in [-0.3, -0.25) is 0 Å². The number of ether oxygens (including phenoxy) is 2. The Kier molecular flexibility index (Phi) is 3.44. The van der Waals surface area contributed by atoms with Gasteiger partial charge in [-0.25, -0.2) is 0 Å². The molecular weight excluding hydrogens is 298 g/mol. The predicted octanol–water partition coefficient (Wildman–Crippen LogP) is 4.94. The van der Waals surface area contributed by atoms with Crippen molar-refractivity contribution in [1.82, 2.24) is 0 Å². The van der Waals surface area contributed by atoms with Gasteiger partial charge in [-0.15, -0.1) is 0 Å². The molecule has 3 nitrogen and oxygen atoms in total. The highest BCUT2D eigenvalue weighted by atomic mass is 16.7. The van der Waals surface area contributed by atoms with Crippen LogP contribution >= 0.6 is 0 Å². The summed E-state index contributed by atoms with van der Waals surface area (Å²) in [6, 6.07) is 20.4. The molecule has 0 fully saturated rings. The van der Waals surface area contributed by atoms with Crippen molar-refractivity contribution in [3.8, 4) is 17.6 Å². The van der Waals surface area contributed by atoms with Crippen molar-refractivity contribution in [2.24, 2.45) is 0 Å². The molecule has 0 bridgehead atoms. The maximum absolute atomic E-state index is 9.62. The monoisotopic (exact) mass is 313 g/mol. The van der Waals surface area contributed by atoms with E-state index in [1.54, 1.807) is 0 Å². The molecule has 116 valence electrons. The number of allylic oxidation sites excluding steroid dienone is 1. The number of aryl methyl sites for hydroxylation is 1. The number of nitrogens with zero attached hydrogens (tertiary/aromatic N) is 1. The van der Waals surface area contributed by atoms with Crippen LogP contribution in [-0.4, -0.2) is 6.79 Å². The van der Waals surface area contributed by atoms with E-state index in [0.29, 0.717) is 5.57 Å². The molecule has 0 saturated carbocycles. The second kappa shape index (κ2) is 5.75. The largest absolute Gasteiger partial charge is 0.454 e. The lowest BCUT2D eigenvalue weighted by atomic mass is 9.98. The highest BCUT2D eigenvalue weighted by Crippen LogP contribution is 2.36. The summed E-state index contributed by atoms with van der Waals surface area (Å²) in [6.07, 6.45) is 1.90. The van der Waals surface area contributed by atoms with Crippen LogP contribution in [0.25, 0.3) is 22.4 Å². The van der Waals surface area contributed by atoms with Gasteiger partial charge in [0, 0.05) is 0 Å². The van der Waals surface area contributed by atoms with Crippen LogP contribution in [0, 0.1) is 18.3 Å². The lowest BCUT2D eigenvalue weighted by Crippen LogP contribution is -1.92. The van der Waals surface area contributed by atoms with Crippen molar-refractivity contribution in [3.05, 3.63) is 71.3 Å². The van der Waals surface area contributed by atoms with Gasteiger partial charge in [0.1, 0.15) is 0 Å². The van der Waals surface area contributed by atoms with Crippen LogP contribution in [-0.2, 0) is 0 Å². The van der Waals surface area contributed by atoms with Crippen molar-refractivity contribution in [1.29, 1.82) is 5.26 Å². The Balaban J connectivity index is 1.80. The fraction of sp³-hybridized carbons (Fsp3) is 0.0952. The van der Waals surface area contributed by atoms with Crippen LogP contribution in [0.1, 0.15) is 16.7 Å². The first kappa shape index (κ1) is 14.3. The quantitative estimate of drug-likeness (QED) is 0.497. The minimum absolute atomic E-state index is 0.248. The number of hydrogen-bond donors (Lipinski definition) is 0. The van der Waals surface area contributed by atoms with Crippen LogP contribution in [0.5, 0.6) is 11.5 Å². The third-order valence-electron chi connectivity index (χ3n) is 4.24. The molecule has 0 N–H and O–H groups in total. The van der Waals surface area contributed by atoms with Gasteiger partial charge in [0.05, 0.1) is 11.6 Å². The van der Waals surface area contributed by atoms with Crippen LogP contribution in [0.3, 0.4) is 0 Å². The summed E-state index contributed by atoms with van der Waals surface area (Å²) < 4.78 is 10.8. The number of hydrogen-bond acceptors (Lipinski definition) is 3. The van der Waals surface area contributed by atoms with Gasteiger partial charge in [-0.2, -0.15) is 5.26 Å². The molecule has 0 atom stereocenters. The summed E-state index contributed by atoms with van der Waals surface area (Å²) in [4.78, 5) is 0. The van der Waals surface area contributed by atoms with Gasteiger partial charge >= 0.3 is 0 Å². The fourth-order valence-electron chi connectivity index (χ4n) is 2.91. The van der Waals surface area contributed by atoms with Crippen molar-refractivity contribution >= 4 is 22.4 Å². The molecule has 0 aliphatic carbocycles. The molecule has 1 aliphatic rings. The highest BCUT2D eigenvalue weighted by Gasteiger charge is 2.15. The van der Waals surface area contributed by atoms with E-state index in [2.05, 4.69) is 18.2 Å². The highest BCUT2D eigenvalue weighted by molar-refractivity contribution is 5.94. The molecule has 4 rings (SSSR count). The zero-order valence-electron chi connectivity index (χ0n) is 13.2. The first-order valence-corrected chi connectivity index (χ1v) is 7.76. The molecule has 3 aromatic rings. The van der Waals surface area contributed by atoms with E-state index in [1.165, 1.54) is 0 Å². The van der Waals surface area contributed by atoms with Gasteiger partial charge in [-0.1, -0.05) is 36.4 Å². The summed E-state index contributed by atoms with van der Waals surface area (Å²) in [6.45, 7) is 2.25. The maximum atomic E-state index is 9.62. The molecule has 0 unspecified atom stereocenters. The van der Waals surface area contributed by atoms with Crippen molar-refractivity contribution in [2.75, 3.05) is 6.79 Å². The van der Waals surface area contributed by atoms with E-state index in [9.17, 15) is 5.26 Å². The van der Waals surface area contributed by atoms with Gasteiger partial charge < -0.3 is 9.47 Å². The zero-order valence-corrected chi connectivity index (χ0v) is 13.2. The topological polar surface area (TPSA) is 42.2 Å². The normalized spacial score (nSPS) is 13.1. The molecule has 0 saturated heterocycles. The maximum Gasteiger partial charge on any atom is 0.231 e. The molecule has 0 radical (unpaired) electrons. The zero-order chi connectivity index (χ0) is 16.5. The first-order valence-electron chi connectivity index (χ1n) is 7.76. The van der Waals surface area contributed by atoms with Crippen molar-refractivity contribution in [2.45, 2.75) is 6.92 Å². The van der Waals surface area contributed by atoms with Gasteiger partial charge in [0.25, 0.3) is 0 Å². The van der Waals surface area contributed by atoms with E-state index >= 15 is 0 Å². The third-order valence-corrected chi connectivity index (χ3v) is 4.24. The van der Waals surface area contributed by atoms with Crippen molar-refractivity contribution < 1.29 is 9.47 Å². The smallest absolute Gasteiger partial charge is 0.231 e. The molecule has 0 aromatic heterocycles. The molecule has 3 aromatic carbocycles. The Morgan fingerprint density at radius 1 is 1.00 bits per heavy atom. The lowest BCUT2D eigenvalue weighted by Gasteiger charge is -2.06.